The van der Waals surface area contributed by atoms with E-state index in [0.29, 0.717) is 28.2 Å². The zero-order chi connectivity index (χ0) is 27.1. The lowest BCUT2D eigenvalue weighted by molar-refractivity contribution is -0.114. The van der Waals surface area contributed by atoms with Crippen LogP contribution in [0.2, 0.25) is 0 Å². The van der Waals surface area contributed by atoms with Gasteiger partial charge in [0.1, 0.15) is 16.6 Å². The first-order chi connectivity index (χ1) is 17.6. The smallest absolute Gasteiger partial charge is 0.254 e. The van der Waals surface area contributed by atoms with Gasteiger partial charge < -0.3 is 21.1 Å². The number of halogens is 2. The van der Waals surface area contributed by atoms with Gasteiger partial charge in [-0.3, -0.25) is 9.59 Å². The van der Waals surface area contributed by atoms with Crippen LogP contribution in [0.15, 0.2) is 42.5 Å². The summed E-state index contributed by atoms with van der Waals surface area (Å²) >= 11 is 1.29. The molecule has 0 unspecified atom stereocenters. The molecule has 2 aromatic carbocycles. The Balaban J connectivity index is 1.80. The lowest BCUT2D eigenvalue weighted by Gasteiger charge is -2.25. The molecule has 3 aromatic rings. The largest absolute Gasteiger partial charge is 0.390 e. The number of nitrogens with one attached hydrogen (secondary N) is 3. The number of carbonyl (C=O) groups excluding carboxylic acids is 2. The minimum absolute atomic E-state index is 0.00617. The summed E-state index contributed by atoms with van der Waals surface area (Å²) in [7, 11) is 0. The van der Waals surface area contributed by atoms with Gasteiger partial charge in [-0.15, -0.1) is 11.3 Å². The average Bonchev–Trinajstić information content (AvgIpc) is 3.10. The van der Waals surface area contributed by atoms with Crippen LogP contribution in [-0.2, 0) is 24.2 Å². The van der Waals surface area contributed by atoms with Crippen molar-refractivity contribution in [1.29, 1.82) is 0 Å². The van der Waals surface area contributed by atoms with Gasteiger partial charge in [-0.2, -0.15) is 0 Å². The van der Waals surface area contributed by atoms with E-state index in [0.717, 1.165) is 22.9 Å². The molecule has 2 amide bonds. The van der Waals surface area contributed by atoms with Gasteiger partial charge in [0.25, 0.3) is 5.91 Å². The molecular weight excluding hydrogens is 496 g/mol. The summed E-state index contributed by atoms with van der Waals surface area (Å²) in [5, 5.41) is 20.2. The minimum Gasteiger partial charge on any atom is -0.390 e. The molecule has 1 heterocycles. The first-order valence-electron chi connectivity index (χ1n) is 12.2. The van der Waals surface area contributed by atoms with Gasteiger partial charge in [0.2, 0.25) is 5.91 Å². The van der Waals surface area contributed by atoms with Gasteiger partial charge in [0.15, 0.2) is 0 Å². The topological polar surface area (TPSA) is 90.5 Å². The number of rotatable bonds is 11. The number of hydrogen-bond donors (Lipinski definition) is 4. The van der Waals surface area contributed by atoms with Gasteiger partial charge in [-0.25, -0.2) is 8.78 Å². The number of aryl methyl sites for hydroxylation is 2. The highest BCUT2D eigenvalue weighted by atomic mass is 32.1. The van der Waals surface area contributed by atoms with Crippen LogP contribution in [0.25, 0.3) is 0 Å². The molecule has 0 fully saturated rings. The van der Waals surface area contributed by atoms with Crippen LogP contribution in [-0.4, -0.2) is 35.6 Å². The molecule has 2 atom stereocenters. The number of aliphatic hydroxyl groups excluding tert-OH is 1. The number of benzene rings is 2. The zero-order valence-corrected chi connectivity index (χ0v) is 22.3. The normalized spacial score (nSPS) is 12.7. The van der Waals surface area contributed by atoms with Crippen LogP contribution in [0, 0.1) is 25.5 Å². The molecule has 0 aliphatic rings. The Bertz CT molecular complexity index is 1240. The van der Waals surface area contributed by atoms with Crippen molar-refractivity contribution in [3.8, 4) is 0 Å². The van der Waals surface area contributed by atoms with E-state index in [4.69, 9.17) is 0 Å². The van der Waals surface area contributed by atoms with Crippen LogP contribution in [0.4, 0.5) is 13.8 Å². The Morgan fingerprint density at radius 2 is 1.70 bits per heavy atom. The molecule has 3 rings (SSSR count). The van der Waals surface area contributed by atoms with Crippen LogP contribution >= 0.6 is 11.3 Å². The fourth-order valence-corrected chi connectivity index (χ4v) is 5.22. The number of aliphatic hydroxyl groups is 1. The third kappa shape index (κ3) is 7.92. The van der Waals surface area contributed by atoms with Crippen molar-refractivity contribution in [2.75, 3.05) is 11.9 Å². The Hall–Kier alpha value is -3.14. The number of carbonyl (C=O) groups is 2. The fraction of sp³-hybridized carbons (Fsp3) is 0.357. The summed E-state index contributed by atoms with van der Waals surface area (Å²) in [5.74, 6) is -2.26. The van der Waals surface area contributed by atoms with Gasteiger partial charge in [-0.05, 0) is 61.1 Å². The van der Waals surface area contributed by atoms with Crippen LogP contribution < -0.4 is 16.0 Å². The van der Waals surface area contributed by atoms with Crippen molar-refractivity contribution in [3.63, 3.8) is 0 Å². The van der Waals surface area contributed by atoms with E-state index in [1.807, 2.05) is 25.1 Å². The molecule has 0 aliphatic heterocycles. The van der Waals surface area contributed by atoms with E-state index < -0.39 is 29.7 Å². The Labute approximate surface area is 220 Å². The summed E-state index contributed by atoms with van der Waals surface area (Å²) in [6, 6.07) is 10.4. The Kier molecular flexibility index (Phi) is 9.91. The van der Waals surface area contributed by atoms with Crippen LogP contribution in [0.3, 0.4) is 0 Å². The summed E-state index contributed by atoms with van der Waals surface area (Å²) in [4.78, 5) is 25.9. The second kappa shape index (κ2) is 12.9. The van der Waals surface area contributed by atoms with Gasteiger partial charge >= 0.3 is 0 Å². The van der Waals surface area contributed by atoms with Crippen molar-refractivity contribution < 1.29 is 23.5 Å². The molecule has 9 heteroatoms. The molecule has 198 valence electrons. The lowest BCUT2D eigenvalue weighted by atomic mass is 9.99. The van der Waals surface area contributed by atoms with Crippen LogP contribution in [0.5, 0.6) is 0 Å². The Morgan fingerprint density at radius 3 is 2.35 bits per heavy atom. The van der Waals surface area contributed by atoms with Gasteiger partial charge in [0, 0.05) is 31.0 Å². The quantitative estimate of drug-likeness (QED) is 0.291. The summed E-state index contributed by atoms with van der Waals surface area (Å²) in [6.45, 7) is 7.72. The van der Waals surface area contributed by atoms with E-state index in [9.17, 15) is 23.5 Å². The van der Waals surface area contributed by atoms with Gasteiger partial charge in [-0.1, -0.05) is 31.2 Å². The highest BCUT2D eigenvalue weighted by molar-refractivity contribution is 7.16. The van der Waals surface area contributed by atoms with Crippen molar-refractivity contribution in [2.24, 2.45) is 0 Å². The second-order valence-electron chi connectivity index (χ2n) is 9.10. The van der Waals surface area contributed by atoms with Crippen molar-refractivity contribution in [2.45, 2.75) is 59.2 Å². The highest BCUT2D eigenvalue weighted by Gasteiger charge is 2.27. The molecule has 6 nitrogen and oxygen atoms in total. The number of thiophene rings is 1. The molecule has 0 bridgehead atoms. The maximum Gasteiger partial charge on any atom is 0.254 e. The molecule has 0 saturated heterocycles. The molecule has 37 heavy (non-hydrogen) atoms. The average molecular weight is 530 g/mol. The molecule has 4 N–H and O–H groups in total. The minimum atomic E-state index is -1.06. The van der Waals surface area contributed by atoms with E-state index in [1.54, 1.807) is 6.92 Å². The first kappa shape index (κ1) is 28.4. The van der Waals surface area contributed by atoms with E-state index in [1.165, 1.54) is 36.0 Å². The third-order valence-corrected chi connectivity index (χ3v) is 7.27. The van der Waals surface area contributed by atoms with E-state index in [2.05, 4.69) is 28.9 Å². The number of amides is 2. The zero-order valence-electron chi connectivity index (χ0n) is 21.5. The van der Waals surface area contributed by atoms with Crippen molar-refractivity contribution in [1.82, 2.24) is 10.6 Å². The fourth-order valence-electron chi connectivity index (χ4n) is 4.12. The number of anilines is 1. The SMILES string of the molecule is CCc1cccc(CNC[C@H](O)[C@H](Cc2cc(F)cc(F)c2)NC(=O)c2c(NC(C)=O)sc(C)c2C)c1. The molecular formula is C28H33F2N3O3S. The van der Waals surface area contributed by atoms with E-state index in [-0.39, 0.29) is 18.9 Å². The molecule has 0 aliphatic carbocycles. The van der Waals surface area contributed by atoms with Gasteiger partial charge in [0.05, 0.1) is 17.7 Å². The molecule has 0 spiro atoms. The maximum atomic E-state index is 13.8. The molecule has 0 radical (unpaired) electrons. The lowest BCUT2D eigenvalue weighted by Crippen LogP contribution is -2.48. The standard InChI is InChI=1S/C28H33F2N3O3S/c1-5-19-7-6-8-20(9-19)14-31-15-25(35)24(12-21-10-22(29)13-23(30)11-21)33-27(36)26-16(2)17(3)37-28(26)32-18(4)34/h6-11,13,24-25,31,35H,5,12,14-15H2,1-4H3,(H,32,34)(H,33,36)/t24-,25-/m0/s1. The summed E-state index contributed by atoms with van der Waals surface area (Å²) in [5.41, 5.74) is 3.59. The summed E-state index contributed by atoms with van der Waals surface area (Å²) < 4.78 is 27.7. The van der Waals surface area contributed by atoms with Crippen molar-refractivity contribution >= 4 is 28.2 Å². The number of hydrogen-bond acceptors (Lipinski definition) is 5. The monoisotopic (exact) mass is 529 g/mol. The predicted octanol–water partition coefficient (Wildman–Crippen LogP) is 4.66. The molecule has 0 saturated carbocycles. The van der Waals surface area contributed by atoms with Crippen molar-refractivity contribution in [3.05, 3.63) is 86.8 Å². The van der Waals surface area contributed by atoms with Crippen LogP contribution in [0.1, 0.15) is 51.3 Å². The second-order valence-corrected chi connectivity index (χ2v) is 10.3. The third-order valence-electron chi connectivity index (χ3n) is 6.14. The maximum absolute atomic E-state index is 13.8. The highest BCUT2D eigenvalue weighted by Crippen LogP contribution is 2.32. The predicted molar refractivity (Wildman–Crippen MR) is 143 cm³/mol. The molecule has 1 aromatic heterocycles. The first-order valence-corrected chi connectivity index (χ1v) is 13.0. The van der Waals surface area contributed by atoms with E-state index >= 15 is 0 Å². The Morgan fingerprint density at radius 1 is 1.03 bits per heavy atom. The summed E-state index contributed by atoms with van der Waals surface area (Å²) in [6.07, 6.45) is -0.142.